The molecular weight excluding hydrogens is 275 g/mol. The highest BCUT2D eigenvalue weighted by Gasteiger charge is 2.17. The number of hydrogen-bond donors (Lipinski definition) is 2. The van der Waals surface area contributed by atoms with E-state index in [4.69, 9.17) is 9.47 Å². The molecule has 0 aliphatic carbocycles. The van der Waals surface area contributed by atoms with Crippen LogP contribution in [0.1, 0.15) is 39.2 Å². The highest BCUT2D eigenvalue weighted by Crippen LogP contribution is 2.31. The number of benzene rings is 1. The Balaban J connectivity index is 2.84. The van der Waals surface area contributed by atoms with Crippen molar-refractivity contribution in [1.29, 1.82) is 0 Å². The minimum absolute atomic E-state index is 0.297. The van der Waals surface area contributed by atoms with Crippen molar-refractivity contribution in [2.75, 3.05) is 13.2 Å². The summed E-state index contributed by atoms with van der Waals surface area (Å²) in [6.07, 6.45) is -0.530. The van der Waals surface area contributed by atoms with Gasteiger partial charge in [-0.1, -0.05) is 6.92 Å². The molecule has 2 atom stereocenters. The van der Waals surface area contributed by atoms with E-state index >= 15 is 0 Å². The summed E-state index contributed by atoms with van der Waals surface area (Å²) < 4.78 is 24.9. The lowest BCUT2D eigenvalue weighted by molar-refractivity contribution is 0.0129. The molecule has 0 bridgehead atoms. The number of hydrogen-bond acceptors (Lipinski definition) is 4. The van der Waals surface area contributed by atoms with E-state index in [0.29, 0.717) is 49.5 Å². The molecule has 2 unspecified atom stereocenters. The Bertz CT molecular complexity index is 437. The van der Waals surface area contributed by atoms with E-state index in [1.807, 2.05) is 13.8 Å². The first-order valence-corrected chi connectivity index (χ1v) is 7.47. The average molecular weight is 300 g/mol. The monoisotopic (exact) mass is 300 g/mol. The van der Waals surface area contributed by atoms with Crippen LogP contribution in [0, 0.1) is 5.82 Å². The predicted molar refractivity (Wildman–Crippen MR) is 79.4 cm³/mol. The van der Waals surface area contributed by atoms with Crippen molar-refractivity contribution >= 4 is 0 Å². The molecular formula is C16H25FO4. The Morgan fingerprint density at radius 1 is 1.00 bits per heavy atom. The van der Waals surface area contributed by atoms with Crippen molar-refractivity contribution in [3.63, 3.8) is 0 Å². The molecule has 1 rings (SSSR count). The lowest BCUT2D eigenvalue weighted by Crippen LogP contribution is -2.25. The van der Waals surface area contributed by atoms with E-state index in [1.165, 1.54) is 6.07 Å². The van der Waals surface area contributed by atoms with Gasteiger partial charge < -0.3 is 19.7 Å². The molecule has 0 saturated carbocycles. The number of rotatable bonds is 9. The Kier molecular flexibility index (Phi) is 7.47. The lowest BCUT2D eigenvalue weighted by Gasteiger charge is -2.17. The maximum absolute atomic E-state index is 14.0. The van der Waals surface area contributed by atoms with Crippen molar-refractivity contribution in [3.05, 3.63) is 23.5 Å². The Labute approximate surface area is 125 Å². The van der Waals surface area contributed by atoms with Gasteiger partial charge in [-0.3, -0.25) is 0 Å². The van der Waals surface area contributed by atoms with E-state index in [1.54, 1.807) is 13.0 Å². The van der Waals surface area contributed by atoms with E-state index in [-0.39, 0.29) is 5.82 Å². The van der Waals surface area contributed by atoms with Gasteiger partial charge in [0, 0.05) is 6.07 Å². The number of aliphatic hydroxyl groups is 2. The molecule has 0 radical (unpaired) electrons. The van der Waals surface area contributed by atoms with E-state index in [2.05, 4.69) is 0 Å². The zero-order chi connectivity index (χ0) is 15.8. The van der Waals surface area contributed by atoms with Crippen LogP contribution in [-0.2, 0) is 6.42 Å². The minimum Gasteiger partial charge on any atom is -0.490 e. The first-order chi connectivity index (χ1) is 10.0. The van der Waals surface area contributed by atoms with Gasteiger partial charge in [0.15, 0.2) is 11.5 Å². The van der Waals surface area contributed by atoms with E-state index in [9.17, 15) is 14.6 Å². The number of aliphatic hydroxyl groups excluding tert-OH is 2. The smallest absolute Gasteiger partial charge is 0.164 e. The molecule has 0 aliphatic rings. The predicted octanol–water partition coefficient (Wildman–Crippen LogP) is 2.69. The van der Waals surface area contributed by atoms with Crippen LogP contribution < -0.4 is 9.47 Å². The van der Waals surface area contributed by atoms with Crippen molar-refractivity contribution in [2.45, 2.75) is 52.2 Å². The van der Waals surface area contributed by atoms with Crippen LogP contribution in [-0.4, -0.2) is 35.6 Å². The fraction of sp³-hybridized carbons (Fsp3) is 0.625. The molecule has 0 fully saturated rings. The molecule has 0 saturated heterocycles. The van der Waals surface area contributed by atoms with Gasteiger partial charge in [-0.15, -0.1) is 0 Å². The van der Waals surface area contributed by atoms with Gasteiger partial charge >= 0.3 is 0 Å². The molecule has 0 aliphatic heterocycles. The van der Waals surface area contributed by atoms with Crippen molar-refractivity contribution in [2.24, 2.45) is 0 Å². The zero-order valence-electron chi connectivity index (χ0n) is 12.9. The van der Waals surface area contributed by atoms with Gasteiger partial charge in [-0.2, -0.15) is 0 Å². The maximum Gasteiger partial charge on any atom is 0.164 e. The van der Waals surface area contributed by atoms with Gasteiger partial charge in [-0.25, -0.2) is 4.39 Å². The second-order valence-corrected chi connectivity index (χ2v) is 4.84. The summed E-state index contributed by atoms with van der Waals surface area (Å²) in [7, 11) is 0. The van der Waals surface area contributed by atoms with Gasteiger partial charge in [0.1, 0.15) is 5.82 Å². The van der Waals surface area contributed by atoms with Crippen LogP contribution >= 0.6 is 0 Å². The molecule has 1 aromatic carbocycles. The largest absolute Gasteiger partial charge is 0.490 e. The molecule has 0 amide bonds. The van der Waals surface area contributed by atoms with Gasteiger partial charge in [0.05, 0.1) is 25.4 Å². The van der Waals surface area contributed by atoms with Crippen molar-refractivity contribution < 1.29 is 24.1 Å². The SMILES string of the molecule is CCOc1cc(F)c(CCC(O)C(O)CC)cc1OCC. The quantitative estimate of drug-likeness (QED) is 0.736. The normalized spacial score (nSPS) is 13.8. The molecule has 21 heavy (non-hydrogen) atoms. The zero-order valence-corrected chi connectivity index (χ0v) is 12.9. The molecule has 120 valence electrons. The molecule has 0 spiro atoms. The third kappa shape index (κ3) is 5.17. The minimum atomic E-state index is -0.850. The van der Waals surface area contributed by atoms with Crippen LogP contribution in [0.25, 0.3) is 0 Å². The molecule has 4 nitrogen and oxygen atoms in total. The van der Waals surface area contributed by atoms with Gasteiger partial charge in [0.25, 0.3) is 0 Å². The maximum atomic E-state index is 14.0. The third-order valence-corrected chi connectivity index (χ3v) is 3.28. The standard InChI is InChI=1S/C16H25FO4/c1-4-13(18)14(19)8-7-11-9-15(20-5-2)16(21-6-3)10-12(11)17/h9-10,13-14,18-19H,4-8H2,1-3H3. The van der Waals surface area contributed by atoms with E-state index in [0.717, 1.165) is 0 Å². The van der Waals surface area contributed by atoms with E-state index < -0.39 is 12.2 Å². The van der Waals surface area contributed by atoms with Gasteiger partial charge in [-0.05, 0) is 44.7 Å². The summed E-state index contributed by atoms with van der Waals surface area (Å²) >= 11 is 0. The fourth-order valence-electron chi connectivity index (χ4n) is 2.07. The first-order valence-electron chi connectivity index (χ1n) is 7.47. The van der Waals surface area contributed by atoms with Crippen LogP contribution in [0.3, 0.4) is 0 Å². The summed E-state index contributed by atoms with van der Waals surface area (Å²) in [6, 6.07) is 2.92. The first kappa shape index (κ1) is 17.7. The Morgan fingerprint density at radius 3 is 2.10 bits per heavy atom. The summed E-state index contributed by atoms with van der Waals surface area (Å²) in [4.78, 5) is 0. The summed E-state index contributed by atoms with van der Waals surface area (Å²) in [5.74, 6) is 0.496. The molecule has 2 N–H and O–H groups in total. The topological polar surface area (TPSA) is 58.9 Å². The second-order valence-electron chi connectivity index (χ2n) is 4.84. The molecule has 0 aromatic heterocycles. The number of ether oxygens (including phenoxy) is 2. The van der Waals surface area contributed by atoms with Crippen LogP contribution in [0.2, 0.25) is 0 Å². The molecule has 0 heterocycles. The third-order valence-electron chi connectivity index (χ3n) is 3.28. The summed E-state index contributed by atoms with van der Waals surface area (Å²) in [6.45, 7) is 6.35. The second kappa shape index (κ2) is 8.85. The lowest BCUT2D eigenvalue weighted by atomic mass is 10.0. The van der Waals surface area contributed by atoms with Gasteiger partial charge in [0.2, 0.25) is 0 Å². The number of halogens is 1. The van der Waals surface area contributed by atoms with Crippen LogP contribution in [0.4, 0.5) is 4.39 Å². The summed E-state index contributed by atoms with van der Waals surface area (Å²) in [5, 5.41) is 19.3. The highest BCUT2D eigenvalue weighted by molar-refractivity contribution is 5.44. The number of aryl methyl sites for hydroxylation is 1. The highest BCUT2D eigenvalue weighted by atomic mass is 19.1. The van der Waals surface area contributed by atoms with Crippen molar-refractivity contribution in [3.8, 4) is 11.5 Å². The van der Waals surface area contributed by atoms with Crippen molar-refractivity contribution in [1.82, 2.24) is 0 Å². The van der Waals surface area contributed by atoms with Crippen LogP contribution in [0.15, 0.2) is 12.1 Å². The molecule has 5 heteroatoms. The Hall–Kier alpha value is -1.33. The fourth-order valence-corrected chi connectivity index (χ4v) is 2.07. The Morgan fingerprint density at radius 2 is 1.57 bits per heavy atom. The van der Waals surface area contributed by atoms with Crippen LogP contribution in [0.5, 0.6) is 11.5 Å². The molecule has 1 aromatic rings. The summed E-state index contributed by atoms with van der Waals surface area (Å²) in [5.41, 5.74) is 0.448. The average Bonchev–Trinajstić information content (AvgIpc) is 2.47.